The fourth-order valence-electron chi connectivity index (χ4n) is 1.68. The van der Waals surface area contributed by atoms with Gasteiger partial charge in [0.25, 0.3) is 10.1 Å². The molecule has 0 saturated carbocycles. The highest BCUT2D eigenvalue weighted by atomic mass is 32.2. The summed E-state index contributed by atoms with van der Waals surface area (Å²) in [6.07, 6.45) is -3.06. The average molecular weight is 366 g/mol. The zero-order valence-electron chi connectivity index (χ0n) is 12.8. The Labute approximate surface area is 138 Å². The van der Waals surface area contributed by atoms with Crippen LogP contribution in [0, 0.1) is 0 Å². The molecule has 1 aromatic carbocycles. The van der Waals surface area contributed by atoms with Gasteiger partial charge in [-0.1, -0.05) is 42.5 Å². The van der Waals surface area contributed by atoms with Gasteiger partial charge in [-0.2, -0.15) is 21.6 Å². The Hall–Kier alpha value is -1.71. The number of alkyl halides is 3. The zero-order valence-corrected chi connectivity index (χ0v) is 13.6. The van der Waals surface area contributed by atoms with E-state index in [-0.39, 0.29) is 12.2 Å². The number of ether oxygens (including phenoxy) is 1. The van der Waals surface area contributed by atoms with Crippen LogP contribution in [0.15, 0.2) is 42.5 Å². The number of carbonyl (C=O) groups is 1. The van der Waals surface area contributed by atoms with Crippen LogP contribution >= 0.6 is 0 Å². The average Bonchev–Trinajstić information content (AvgIpc) is 2.52. The fourth-order valence-corrected chi connectivity index (χ4v) is 2.44. The quantitative estimate of drug-likeness (QED) is 0.382. The predicted octanol–water partition coefficient (Wildman–Crippen LogP) is 2.74. The van der Waals surface area contributed by atoms with Gasteiger partial charge in [-0.25, -0.2) is 0 Å². The van der Waals surface area contributed by atoms with Crippen LogP contribution in [-0.4, -0.2) is 46.0 Å². The van der Waals surface area contributed by atoms with Gasteiger partial charge in [0.2, 0.25) is 0 Å². The number of rotatable bonds is 9. The summed E-state index contributed by atoms with van der Waals surface area (Å²) in [4.78, 5) is 12.0. The minimum Gasteiger partial charge on any atom is -0.377 e. The van der Waals surface area contributed by atoms with E-state index >= 15 is 0 Å². The highest BCUT2D eigenvalue weighted by Gasteiger charge is 2.30. The molecule has 0 spiro atoms. The van der Waals surface area contributed by atoms with Crippen molar-refractivity contribution < 1.29 is 35.3 Å². The van der Waals surface area contributed by atoms with E-state index in [1.54, 1.807) is 30.3 Å². The van der Waals surface area contributed by atoms with Gasteiger partial charge in [-0.05, 0) is 0 Å². The summed E-state index contributed by atoms with van der Waals surface area (Å²) >= 11 is 0. The molecule has 0 saturated heterocycles. The summed E-state index contributed by atoms with van der Waals surface area (Å²) in [7, 11) is -3.01. The molecule has 0 aliphatic heterocycles. The van der Waals surface area contributed by atoms with Crippen LogP contribution < -0.4 is 0 Å². The predicted molar refractivity (Wildman–Crippen MR) is 81.1 cm³/mol. The second-order valence-corrected chi connectivity index (χ2v) is 6.48. The summed E-state index contributed by atoms with van der Waals surface area (Å²) in [6, 6.07) is 8.43. The number of hydrogen-bond donors (Lipinski definition) is 0. The second kappa shape index (κ2) is 8.95. The van der Waals surface area contributed by atoms with Crippen LogP contribution in [0.25, 0.3) is 0 Å². The molecule has 0 fully saturated rings. The Morgan fingerprint density at radius 2 is 1.88 bits per heavy atom. The molecule has 24 heavy (non-hydrogen) atoms. The normalized spacial score (nSPS) is 14.0. The van der Waals surface area contributed by atoms with Gasteiger partial charge in [-0.3, -0.25) is 8.98 Å². The first-order valence-corrected chi connectivity index (χ1v) is 8.42. The summed E-state index contributed by atoms with van der Waals surface area (Å²) < 4.78 is 67.3. The topological polar surface area (TPSA) is 69.7 Å². The van der Waals surface area contributed by atoms with Crippen molar-refractivity contribution in [3.63, 3.8) is 0 Å². The number of Topliss-reactive ketones (excluding diaryl/α,β-unsaturated/α-hetero) is 1. The van der Waals surface area contributed by atoms with Gasteiger partial charge in [0.15, 0.2) is 12.4 Å². The van der Waals surface area contributed by atoms with Crippen molar-refractivity contribution in [1.29, 1.82) is 0 Å². The highest BCUT2D eigenvalue weighted by molar-refractivity contribution is 7.86. The van der Waals surface area contributed by atoms with Crippen molar-refractivity contribution >= 4 is 15.9 Å². The van der Waals surface area contributed by atoms with E-state index in [9.17, 15) is 26.4 Å². The Morgan fingerprint density at radius 3 is 2.42 bits per heavy atom. The van der Waals surface area contributed by atoms with Crippen molar-refractivity contribution in [2.75, 3.05) is 19.5 Å². The Morgan fingerprint density at radius 1 is 1.25 bits per heavy atom. The zero-order chi connectivity index (χ0) is 18.2. The van der Waals surface area contributed by atoms with Gasteiger partial charge in [0, 0.05) is 19.1 Å². The largest absolute Gasteiger partial charge is 0.413 e. The van der Waals surface area contributed by atoms with Crippen LogP contribution in [0.4, 0.5) is 13.2 Å². The summed E-state index contributed by atoms with van der Waals surface area (Å²) in [5.41, 5.74) is 0.481. The van der Waals surface area contributed by atoms with E-state index in [1.807, 2.05) is 0 Å². The summed E-state index contributed by atoms with van der Waals surface area (Å²) in [6.45, 7) is -1.87. The van der Waals surface area contributed by atoms with Crippen LogP contribution in [0.5, 0.6) is 0 Å². The van der Waals surface area contributed by atoms with Crippen molar-refractivity contribution in [3.8, 4) is 0 Å². The standard InChI is InChI=1S/C15H17F3O5S/c1-22-13(10-14(19)12-6-3-2-4-7-12)8-5-9-24(20,21)23-11-15(16,17)18/h2-8,13H,9-11H2,1H3/b8-5-/t13-/m0/s1. The van der Waals surface area contributed by atoms with Gasteiger partial charge >= 0.3 is 6.18 Å². The molecule has 0 N–H and O–H groups in total. The lowest BCUT2D eigenvalue weighted by atomic mass is 10.1. The minimum atomic E-state index is -4.73. The molecular formula is C15H17F3O5S. The molecule has 0 aliphatic rings. The maximum atomic E-state index is 12.0. The molecule has 0 aromatic heterocycles. The van der Waals surface area contributed by atoms with Crippen molar-refractivity contribution in [2.24, 2.45) is 0 Å². The fraction of sp³-hybridized carbons (Fsp3) is 0.400. The molecule has 9 heteroatoms. The van der Waals surface area contributed by atoms with Crippen molar-refractivity contribution in [1.82, 2.24) is 0 Å². The number of ketones is 1. The van der Waals surface area contributed by atoms with Crippen LogP contribution in [0.3, 0.4) is 0 Å². The van der Waals surface area contributed by atoms with Crippen molar-refractivity contribution in [3.05, 3.63) is 48.0 Å². The van der Waals surface area contributed by atoms with E-state index < -0.39 is 34.8 Å². The molecule has 1 rings (SSSR count). The molecule has 0 radical (unpaired) electrons. The molecule has 1 atom stereocenters. The first-order chi connectivity index (χ1) is 11.1. The molecule has 0 heterocycles. The number of halogens is 3. The lowest BCUT2D eigenvalue weighted by Gasteiger charge is -2.10. The Bertz CT molecular complexity index is 653. The Kier molecular flexibility index (Phi) is 7.59. The van der Waals surface area contributed by atoms with Gasteiger partial charge in [0.05, 0.1) is 11.9 Å². The number of benzene rings is 1. The highest BCUT2D eigenvalue weighted by Crippen LogP contribution is 2.16. The van der Waals surface area contributed by atoms with Gasteiger partial charge in [-0.15, -0.1) is 0 Å². The molecule has 0 amide bonds. The minimum absolute atomic E-state index is 0.0273. The second-order valence-electron chi connectivity index (χ2n) is 4.80. The van der Waals surface area contributed by atoms with Crippen LogP contribution in [0.1, 0.15) is 16.8 Å². The Balaban J connectivity index is 2.55. The SMILES string of the molecule is CO[C@@H](/C=C\CS(=O)(=O)OCC(F)(F)F)CC(=O)c1ccccc1. The summed E-state index contributed by atoms with van der Waals surface area (Å²) in [5.74, 6) is -0.953. The number of carbonyl (C=O) groups excluding carboxylic acids is 1. The maximum absolute atomic E-state index is 12.0. The monoisotopic (exact) mass is 366 g/mol. The molecule has 1 aromatic rings. The molecular weight excluding hydrogens is 349 g/mol. The lowest BCUT2D eigenvalue weighted by molar-refractivity contribution is -0.152. The van der Waals surface area contributed by atoms with Crippen molar-refractivity contribution in [2.45, 2.75) is 18.7 Å². The van der Waals surface area contributed by atoms with E-state index in [0.717, 1.165) is 6.08 Å². The smallest absolute Gasteiger partial charge is 0.377 e. The first kappa shape index (κ1) is 20.3. The number of methoxy groups -OCH3 is 1. The van der Waals surface area contributed by atoms with E-state index in [2.05, 4.69) is 4.18 Å². The van der Waals surface area contributed by atoms with E-state index in [0.29, 0.717) is 5.56 Å². The summed E-state index contributed by atoms with van der Waals surface area (Å²) in [5, 5.41) is 0. The lowest BCUT2D eigenvalue weighted by Crippen LogP contribution is -2.21. The third-order valence-corrected chi connectivity index (χ3v) is 3.92. The van der Waals surface area contributed by atoms with E-state index in [4.69, 9.17) is 4.74 Å². The van der Waals surface area contributed by atoms with Crippen LogP contribution in [0.2, 0.25) is 0 Å². The maximum Gasteiger partial charge on any atom is 0.413 e. The van der Waals surface area contributed by atoms with Crippen LogP contribution in [-0.2, 0) is 19.0 Å². The molecule has 0 unspecified atom stereocenters. The molecule has 0 aliphatic carbocycles. The van der Waals surface area contributed by atoms with E-state index in [1.165, 1.54) is 13.2 Å². The molecule has 0 bridgehead atoms. The molecule has 134 valence electrons. The molecule has 5 nitrogen and oxygen atoms in total. The van der Waals surface area contributed by atoms with Gasteiger partial charge in [0.1, 0.15) is 0 Å². The van der Waals surface area contributed by atoms with Gasteiger partial charge < -0.3 is 4.74 Å². The number of hydrogen-bond acceptors (Lipinski definition) is 5. The first-order valence-electron chi connectivity index (χ1n) is 6.84. The third-order valence-electron chi connectivity index (χ3n) is 2.84. The third kappa shape index (κ3) is 8.23.